The van der Waals surface area contributed by atoms with E-state index in [2.05, 4.69) is 60.4 Å². The van der Waals surface area contributed by atoms with Gasteiger partial charge in [-0.1, -0.05) is 85.7 Å². The number of hydrogen-bond acceptors (Lipinski definition) is 8. The maximum Gasteiger partial charge on any atom is 0.351 e. The van der Waals surface area contributed by atoms with Crippen LogP contribution < -0.4 is 11.4 Å². The lowest BCUT2D eigenvalue weighted by molar-refractivity contribution is -0.0567. The summed E-state index contributed by atoms with van der Waals surface area (Å²) in [4.78, 5) is 17.1. The van der Waals surface area contributed by atoms with Gasteiger partial charge in [0.1, 0.15) is 18.1 Å². The quantitative estimate of drug-likeness (QED) is 0.367. The molecule has 222 valence electrons. The Bertz CT molecular complexity index is 1170. The first-order chi connectivity index (χ1) is 18.9. The lowest BCUT2D eigenvalue weighted by Gasteiger charge is -2.51. The Kier molecular flexibility index (Phi) is 9.76. The molecule has 0 spiro atoms. The van der Waals surface area contributed by atoms with Crippen molar-refractivity contribution in [2.75, 3.05) is 12.3 Å². The average Bonchev–Trinajstić information content (AvgIpc) is 3.26. The molecule has 2 aromatic rings. The summed E-state index contributed by atoms with van der Waals surface area (Å²) in [6, 6.07) is 9.91. The standard InChI is InChI=1S/C29H47N3O6Si2/c1-19(2)39(20(3)4)35-18-26-25(37-40(38-39,21(5)6)22(7)8)14-27(36-26)32-15-24(28(30)31-29(32)33)17-34-16-23-12-10-9-11-13-23/h9-13,15,19-22,25-27H,14,16-18H2,1-8H3,(H2,30,31,33)/t25-,26+,27+/m0/s1. The minimum atomic E-state index is -2.77. The van der Waals surface area contributed by atoms with E-state index in [0.29, 0.717) is 25.2 Å². The highest BCUT2D eigenvalue weighted by Gasteiger charge is 2.60. The van der Waals surface area contributed by atoms with Crippen molar-refractivity contribution in [3.8, 4) is 0 Å². The highest BCUT2D eigenvalue weighted by Crippen LogP contribution is 2.48. The summed E-state index contributed by atoms with van der Waals surface area (Å²) >= 11 is 0. The van der Waals surface area contributed by atoms with Crippen LogP contribution >= 0.6 is 0 Å². The molecule has 2 saturated heterocycles. The van der Waals surface area contributed by atoms with Gasteiger partial charge in [0.05, 0.1) is 25.9 Å². The summed E-state index contributed by atoms with van der Waals surface area (Å²) in [7, 11) is -5.44. The Balaban J connectivity index is 1.60. The SMILES string of the molecule is CC(C)[Si]1(C(C)C)OC[C@H]2O[C@@H](n3cc(COCc4ccccc4)c(N)nc3=O)C[C@@H]2O[Si](C(C)C)(C(C)C)O1. The lowest BCUT2D eigenvalue weighted by Crippen LogP contribution is -2.65. The van der Waals surface area contributed by atoms with Crippen molar-refractivity contribution in [3.05, 3.63) is 58.1 Å². The summed E-state index contributed by atoms with van der Waals surface area (Å²) in [6.07, 6.45) is 1.10. The van der Waals surface area contributed by atoms with Crippen LogP contribution in [0.4, 0.5) is 5.82 Å². The van der Waals surface area contributed by atoms with Gasteiger partial charge in [0.25, 0.3) is 0 Å². The zero-order valence-electron chi connectivity index (χ0n) is 25.3. The van der Waals surface area contributed by atoms with E-state index in [4.69, 9.17) is 28.2 Å². The van der Waals surface area contributed by atoms with Crippen molar-refractivity contribution in [1.82, 2.24) is 9.55 Å². The lowest BCUT2D eigenvalue weighted by atomic mass is 10.2. The number of nitrogen functional groups attached to an aromatic ring is 1. The van der Waals surface area contributed by atoms with Gasteiger partial charge in [-0.15, -0.1) is 0 Å². The van der Waals surface area contributed by atoms with Crippen molar-refractivity contribution in [1.29, 1.82) is 0 Å². The summed E-state index contributed by atoms with van der Waals surface area (Å²) in [5.41, 5.74) is 8.29. The van der Waals surface area contributed by atoms with Crippen molar-refractivity contribution in [2.45, 2.75) is 116 Å². The molecule has 0 aliphatic carbocycles. The molecular formula is C29H47N3O6Si2. The van der Waals surface area contributed by atoms with E-state index in [1.165, 1.54) is 4.57 Å². The third-order valence-electron chi connectivity index (χ3n) is 8.27. The molecule has 2 aliphatic heterocycles. The second-order valence-electron chi connectivity index (χ2n) is 12.3. The van der Waals surface area contributed by atoms with Crippen LogP contribution in [0.2, 0.25) is 22.2 Å². The number of benzene rings is 1. The molecule has 2 fully saturated rings. The maximum absolute atomic E-state index is 13.0. The second kappa shape index (κ2) is 12.6. The largest absolute Gasteiger partial charge is 0.414 e. The summed E-state index contributed by atoms with van der Waals surface area (Å²) in [6.45, 7) is 18.6. The molecule has 3 atom stereocenters. The molecule has 40 heavy (non-hydrogen) atoms. The van der Waals surface area contributed by atoms with Crippen molar-refractivity contribution >= 4 is 22.9 Å². The van der Waals surface area contributed by atoms with Crippen LogP contribution in [-0.4, -0.2) is 45.5 Å². The summed E-state index contributed by atoms with van der Waals surface area (Å²) in [5, 5.41) is 0. The minimum Gasteiger partial charge on any atom is -0.414 e. The van der Waals surface area contributed by atoms with Gasteiger partial charge in [0.15, 0.2) is 0 Å². The third-order valence-corrected chi connectivity index (χ3v) is 18.5. The number of rotatable bonds is 9. The molecule has 1 aromatic carbocycles. The van der Waals surface area contributed by atoms with Crippen LogP contribution in [0.25, 0.3) is 0 Å². The van der Waals surface area contributed by atoms with Crippen LogP contribution in [0.15, 0.2) is 41.3 Å². The molecular weight excluding hydrogens is 543 g/mol. The average molecular weight is 590 g/mol. The number of ether oxygens (including phenoxy) is 2. The molecule has 0 amide bonds. The minimum absolute atomic E-state index is 0.169. The van der Waals surface area contributed by atoms with Crippen LogP contribution in [0.5, 0.6) is 0 Å². The normalized spacial score (nSPS) is 24.4. The predicted molar refractivity (Wildman–Crippen MR) is 160 cm³/mol. The first-order valence-electron chi connectivity index (χ1n) is 14.6. The molecule has 2 aliphatic rings. The summed E-state index contributed by atoms with van der Waals surface area (Å²) < 4.78 is 35.1. The Hall–Kier alpha value is -1.87. The Morgan fingerprint density at radius 2 is 1.57 bits per heavy atom. The smallest absolute Gasteiger partial charge is 0.351 e. The van der Waals surface area contributed by atoms with E-state index in [1.54, 1.807) is 6.20 Å². The molecule has 1 aromatic heterocycles. The number of anilines is 1. The fraction of sp³-hybridized carbons (Fsp3) is 0.655. The molecule has 9 nitrogen and oxygen atoms in total. The van der Waals surface area contributed by atoms with E-state index in [-0.39, 0.29) is 46.8 Å². The summed E-state index contributed by atoms with van der Waals surface area (Å²) in [5.74, 6) is 0.169. The van der Waals surface area contributed by atoms with Crippen LogP contribution in [0.3, 0.4) is 0 Å². The number of nitrogens with zero attached hydrogens (tertiary/aromatic N) is 2. The third kappa shape index (κ3) is 6.15. The van der Waals surface area contributed by atoms with Crippen LogP contribution in [0.1, 0.15) is 79.2 Å². The first-order valence-corrected chi connectivity index (χ1v) is 18.5. The van der Waals surface area contributed by atoms with Crippen molar-refractivity contribution < 1.29 is 22.4 Å². The number of hydrogen-bond donors (Lipinski definition) is 1. The second-order valence-corrected chi connectivity index (χ2v) is 21.2. The monoisotopic (exact) mass is 589 g/mol. The molecule has 3 heterocycles. The maximum atomic E-state index is 13.0. The van der Waals surface area contributed by atoms with Gasteiger partial charge < -0.3 is 28.2 Å². The Labute approximate surface area is 240 Å². The number of nitrogens with two attached hydrogens (primary N) is 1. The van der Waals surface area contributed by atoms with E-state index < -0.39 is 29.0 Å². The van der Waals surface area contributed by atoms with Gasteiger partial charge in [-0.3, -0.25) is 4.57 Å². The van der Waals surface area contributed by atoms with Crippen LogP contribution in [0, 0.1) is 0 Å². The fourth-order valence-corrected chi connectivity index (χ4v) is 17.2. The Morgan fingerprint density at radius 1 is 0.950 bits per heavy atom. The van der Waals surface area contributed by atoms with Crippen molar-refractivity contribution in [3.63, 3.8) is 0 Å². The zero-order chi connectivity index (χ0) is 29.2. The fourth-order valence-electron chi connectivity index (χ4n) is 6.00. The van der Waals surface area contributed by atoms with E-state index in [0.717, 1.165) is 5.56 Å². The number of aromatic nitrogens is 2. The van der Waals surface area contributed by atoms with E-state index in [1.807, 2.05) is 30.3 Å². The van der Waals surface area contributed by atoms with Gasteiger partial charge >= 0.3 is 22.8 Å². The van der Waals surface area contributed by atoms with E-state index in [9.17, 15) is 4.79 Å². The topological polar surface area (TPSA) is 107 Å². The number of fused-ring (bicyclic) bond motifs is 1. The molecule has 11 heteroatoms. The van der Waals surface area contributed by atoms with Gasteiger partial charge in [-0.05, 0) is 27.7 Å². The van der Waals surface area contributed by atoms with Gasteiger partial charge in [-0.25, -0.2) is 4.79 Å². The van der Waals surface area contributed by atoms with Gasteiger partial charge in [0, 0.05) is 18.2 Å². The highest BCUT2D eigenvalue weighted by molar-refractivity contribution is 6.83. The Morgan fingerprint density at radius 3 is 2.17 bits per heavy atom. The van der Waals surface area contributed by atoms with Gasteiger partial charge in [0.2, 0.25) is 0 Å². The molecule has 0 bridgehead atoms. The molecule has 0 radical (unpaired) electrons. The molecule has 4 rings (SSSR count). The first kappa shape index (κ1) is 31.1. The predicted octanol–water partition coefficient (Wildman–Crippen LogP) is 5.79. The van der Waals surface area contributed by atoms with E-state index >= 15 is 0 Å². The van der Waals surface area contributed by atoms with Gasteiger partial charge in [-0.2, -0.15) is 4.98 Å². The molecule has 2 N–H and O–H groups in total. The zero-order valence-corrected chi connectivity index (χ0v) is 27.3. The highest BCUT2D eigenvalue weighted by atomic mass is 28.5. The van der Waals surface area contributed by atoms with Crippen molar-refractivity contribution in [2.24, 2.45) is 0 Å². The van der Waals surface area contributed by atoms with Crippen LogP contribution in [-0.2, 0) is 35.7 Å². The molecule has 0 unspecified atom stereocenters. The molecule has 0 saturated carbocycles.